The summed E-state index contributed by atoms with van der Waals surface area (Å²) < 4.78 is 1.76. The molecule has 5 heteroatoms. The molecule has 1 saturated carbocycles. The first-order valence-corrected chi connectivity index (χ1v) is 7.19. The maximum atomic E-state index is 11.4. The highest BCUT2D eigenvalue weighted by atomic mass is 16.4. The molecule has 0 spiro atoms. The minimum absolute atomic E-state index is 0.336. The molecule has 1 aliphatic rings. The Kier molecular flexibility index (Phi) is 4.56. The molecule has 1 aromatic rings. The van der Waals surface area contributed by atoms with E-state index in [9.17, 15) is 9.90 Å². The Morgan fingerprint density at radius 1 is 1.47 bits per heavy atom. The van der Waals surface area contributed by atoms with Crippen LogP contribution in [0.2, 0.25) is 0 Å². The van der Waals surface area contributed by atoms with Crippen molar-refractivity contribution in [1.82, 2.24) is 14.8 Å². The Morgan fingerprint density at radius 3 is 2.74 bits per heavy atom. The number of carboxylic acids is 1. The summed E-state index contributed by atoms with van der Waals surface area (Å²) in [5.41, 5.74) is 0. The predicted octanol–water partition coefficient (Wildman–Crippen LogP) is 2.68. The number of aromatic nitrogens is 3. The van der Waals surface area contributed by atoms with Gasteiger partial charge in [-0.25, -0.2) is 4.79 Å². The minimum atomic E-state index is -0.791. The smallest absolute Gasteiger partial charge is 0.326 e. The molecule has 1 fully saturated rings. The van der Waals surface area contributed by atoms with Gasteiger partial charge in [0, 0.05) is 6.42 Å². The van der Waals surface area contributed by atoms with Crippen LogP contribution < -0.4 is 0 Å². The third-order valence-corrected chi connectivity index (χ3v) is 3.91. The fraction of sp³-hybridized carbons (Fsp3) is 0.786. The molecule has 2 rings (SSSR count). The number of rotatable bonds is 6. The van der Waals surface area contributed by atoms with Gasteiger partial charge in [-0.2, -0.15) is 0 Å². The molecule has 0 aliphatic heterocycles. The summed E-state index contributed by atoms with van der Waals surface area (Å²) in [5.74, 6) is 1.03. The van der Waals surface area contributed by atoms with E-state index >= 15 is 0 Å². The second kappa shape index (κ2) is 6.17. The van der Waals surface area contributed by atoms with E-state index in [2.05, 4.69) is 10.2 Å². The van der Waals surface area contributed by atoms with Crippen molar-refractivity contribution in [3.8, 4) is 0 Å². The van der Waals surface area contributed by atoms with Gasteiger partial charge < -0.3 is 9.67 Å². The standard InChI is InChI=1S/C14H23N3O2/c1-10(2)7-12(14(18)19)17-9-15-16-13(17)8-11-5-3-4-6-11/h9-12H,3-8H2,1-2H3,(H,18,19). The van der Waals surface area contributed by atoms with Crippen molar-refractivity contribution in [2.24, 2.45) is 11.8 Å². The van der Waals surface area contributed by atoms with E-state index < -0.39 is 12.0 Å². The zero-order chi connectivity index (χ0) is 13.8. The molecule has 0 aromatic carbocycles. The van der Waals surface area contributed by atoms with Crippen LogP contribution in [0.25, 0.3) is 0 Å². The summed E-state index contributed by atoms with van der Waals surface area (Å²) in [7, 11) is 0. The lowest BCUT2D eigenvalue weighted by atomic mass is 10.0. The van der Waals surface area contributed by atoms with Crippen LogP contribution in [0.4, 0.5) is 0 Å². The van der Waals surface area contributed by atoms with E-state index in [1.807, 2.05) is 13.8 Å². The van der Waals surface area contributed by atoms with Gasteiger partial charge in [-0.3, -0.25) is 0 Å². The Labute approximate surface area is 114 Å². The molecule has 0 saturated heterocycles. The number of carbonyl (C=O) groups is 1. The Morgan fingerprint density at radius 2 is 2.16 bits per heavy atom. The molecule has 106 valence electrons. The largest absolute Gasteiger partial charge is 0.480 e. The monoisotopic (exact) mass is 265 g/mol. The first-order chi connectivity index (χ1) is 9.08. The van der Waals surface area contributed by atoms with Crippen LogP contribution in [0.3, 0.4) is 0 Å². The van der Waals surface area contributed by atoms with E-state index in [0.29, 0.717) is 18.3 Å². The minimum Gasteiger partial charge on any atom is -0.480 e. The molecule has 1 unspecified atom stereocenters. The lowest BCUT2D eigenvalue weighted by Gasteiger charge is -2.18. The first kappa shape index (κ1) is 14.0. The van der Waals surface area contributed by atoms with Gasteiger partial charge in [0.2, 0.25) is 0 Å². The molecule has 19 heavy (non-hydrogen) atoms. The van der Waals surface area contributed by atoms with Gasteiger partial charge in [-0.05, 0) is 18.3 Å². The molecule has 1 heterocycles. The first-order valence-electron chi connectivity index (χ1n) is 7.19. The van der Waals surface area contributed by atoms with Crippen molar-refractivity contribution < 1.29 is 9.90 Å². The fourth-order valence-electron chi connectivity index (χ4n) is 2.93. The van der Waals surface area contributed by atoms with Crippen LogP contribution in [0.15, 0.2) is 6.33 Å². The lowest BCUT2D eigenvalue weighted by Crippen LogP contribution is -2.23. The number of aliphatic carboxylic acids is 1. The normalized spacial score (nSPS) is 18.1. The molecule has 0 radical (unpaired) electrons. The quantitative estimate of drug-likeness (QED) is 0.858. The predicted molar refractivity (Wildman–Crippen MR) is 71.8 cm³/mol. The molecular weight excluding hydrogens is 242 g/mol. The highest BCUT2D eigenvalue weighted by Crippen LogP contribution is 2.28. The maximum Gasteiger partial charge on any atom is 0.326 e. The average molecular weight is 265 g/mol. The van der Waals surface area contributed by atoms with Gasteiger partial charge in [0.1, 0.15) is 18.2 Å². The lowest BCUT2D eigenvalue weighted by molar-refractivity contribution is -0.141. The van der Waals surface area contributed by atoms with Gasteiger partial charge >= 0.3 is 5.97 Å². The number of hydrogen-bond acceptors (Lipinski definition) is 3. The molecule has 0 bridgehead atoms. The summed E-state index contributed by atoms with van der Waals surface area (Å²) in [6, 6.07) is -0.536. The fourth-order valence-corrected chi connectivity index (χ4v) is 2.93. The van der Waals surface area contributed by atoms with E-state index in [1.54, 1.807) is 10.9 Å². The van der Waals surface area contributed by atoms with Gasteiger partial charge in [-0.15, -0.1) is 10.2 Å². The van der Waals surface area contributed by atoms with Crippen LogP contribution in [-0.2, 0) is 11.2 Å². The van der Waals surface area contributed by atoms with Crippen LogP contribution in [0, 0.1) is 11.8 Å². The molecule has 1 atom stereocenters. The van der Waals surface area contributed by atoms with Crippen molar-refractivity contribution in [2.45, 2.75) is 58.4 Å². The van der Waals surface area contributed by atoms with Crippen molar-refractivity contribution in [2.75, 3.05) is 0 Å². The summed E-state index contributed by atoms with van der Waals surface area (Å²) in [5, 5.41) is 17.5. The molecule has 1 aliphatic carbocycles. The third kappa shape index (κ3) is 3.55. The van der Waals surface area contributed by atoms with Crippen LogP contribution >= 0.6 is 0 Å². The maximum absolute atomic E-state index is 11.4. The number of carboxylic acid groups (broad SMARTS) is 1. The van der Waals surface area contributed by atoms with E-state index in [0.717, 1.165) is 12.2 Å². The summed E-state index contributed by atoms with van der Waals surface area (Å²) in [4.78, 5) is 11.4. The zero-order valence-corrected chi connectivity index (χ0v) is 11.7. The SMILES string of the molecule is CC(C)CC(C(=O)O)n1cnnc1CC1CCCC1. The summed E-state index contributed by atoms with van der Waals surface area (Å²) >= 11 is 0. The number of hydrogen-bond donors (Lipinski definition) is 1. The molecule has 1 N–H and O–H groups in total. The molecule has 5 nitrogen and oxygen atoms in total. The molecule has 1 aromatic heterocycles. The van der Waals surface area contributed by atoms with Crippen LogP contribution in [0.1, 0.15) is 57.8 Å². The zero-order valence-electron chi connectivity index (χ0n) is 11.7. The van der Waals surface area contributed by atoms with Gasteiger partial charge in [0.15, 0.2) is 0 Å². The van der Waals surface area contributed by atoms with Gasteiger partial charge in [0.05, 0.1) is 0 Å². The van der Waals surface area contributed by atoms with E-state index in [4.69, 9.17) is 0 Å². The Hall–Kier alpha value is -1.39. The Balaban J connectivity index is 2.13. The van der Waals surface area contributed by atoms with E-state index in [1.165, 1.54) is 25.7 Å². The topological polar surface area (TPSA) is 68.0 Å². The second-order valence-electron chi connectivity index (χ2n) is 5.99. The Bertz CT molecular complexity index is 422. The van der Waals surface area contributed by atoms with Crippen molar-refractivity contribution in [1.29, 1.82) is 0 Å². The van der Waals surface area contributed by atoms with Crippen LogP contribution in [0.5, 0.6) is 0 Å². The van der Waals surface area contributed by atoms with Crippen LogP contribution in [-0.4, -0.2) is 25.8 Å². The van der Waals surface area contributed by atoms with Crippen molar-refractivity contribution in [3.05, 3.63) is 12.2 Å². The van der Waals surface area contributed by atoms with E-state index in [-0.39, 0.29) is 0 Å². The third-order valence-electron chi connectivity index (χ3n) is 3.91. The molecule has 0 amide bonds. The van der Waals surface area contributed by atoms with Crippen molar-refractivity contribution in [3.63, 3.8) is 0 Å². The summed E-state index contributed by atoms with van der Waals surface area (Å²) in [6.07, 6.45) is 8.09. The molecular formula is C14H23N3O2. The number of nitrogens with zero attached hydrogens (tertiary/aromatic N) is 3. The highest BCUT2D eigenvalue weighted by Gasteiger charge is 2.25. The average Bonchev–Trinajstić information content (AvgIpc) is 2.97. The van der Waals surface area contributed by atoms with Gasteiger partial charge in [-0.1, -0.05) is 39.5 Å². The second-order valence-corrected chi connectivity index (χ2v) is 5.99. The highest BCUT2D eigenvalue weighted by molar-refractivity contribution is 5.71. The van der Waals surface area contributed by atoms with Gasteiger partial charge in [0.25, 0.3) is 0 Å². The summed E-state index contributed by atoms with van der Waals surface area (Å²) in [6.45, 7) is 4.08. The van der Waals surface area contributed by atoms with Crippen molar-refractivity contribution >= 4 is 5.97 Å².